The zero-order valence-corrected chi connectivity index (χ0v) is 9.77. The molecule has 1 amide bonds. The van der Waals surface area contributed by atoms with Crippen LogP contribution in [0.2, 0.25) is 10.0 Å². The molecule has 0 heterocycles. The van der Waals surface area contributed by atoms with Crippen molar-refractivity contribution in [2.45, 2.75) is 19.4 Å². The molecule has 0 radical (unpaired) electrons. The highest BCUT2D eigenvalue weighted by atomic mass is 35.5. The molecule has 1 rings (SSSR count). The van der Waals surface area contributed by atoms with Crippen molar-refractivity contribution < 1.29 is 4.79 Å². The Balaban J connectivity index is 2.77. The molecule has 82 valence electrons. The maximum atomic E-state index is 11.5. The molecule has 0 spiro atoms. The molecule has 1 aromatic rings. The molecular formula is C10H12Cl2N2O. The third-order valence-electron chi connectivity index (χ3n) is 1.97. The van der Waals surface area contributed by atoms with Crippen molar-refractivity contribution in [3.63, 3.8) is 0 Å². The lowest BCUT2D eigenvalue weighted by Gasteiger charge is -2.11. The Hall–Kier alpha value is -0.770. The SMILES string of the molecule is CCC(N)C(=O)Nc1ccc(Cl)cc1Cl. The summed E-state index contributed by atoms with van der Waals surface area (Å²) in [6, 6.07) is 4.35. The number of anilines is 1. The molecule has 0 fully saturated rings. The second-order valence-electron chi connectivity index (χ2n) is 3.13. The van der Waals surface area contributed by atoms with Gasteiger partial charge in [0.25, 0.3) is 0 Å². The third kappa shape index (κ3) is 3.38. The van der Waals surface area contributed by atoms with Crippen molar-refractivity contribution in [2.24, 2.45) is 5.73 Å². The summed E-state index contributed by atoms with van der Waals surface area (Å²) >= 11 is 11.6. The number of benzene rings is 1. The Bertz CT molecular complexity index is 368. The lowest BCUT2D eigenvalue weighted by Crippen LogP contribution is -2.34. The maximum absolute atomic E-state index is 11.5. The van der Waals surface area contributed by atoms with Gasteiger partial charge in [-0.2, -0.15) is 0 Å². The van der Waals surface area contributed by atoms with Crippen LogP contribution in [0.3, 0.4) is 0 Å². The number of hydrogen-bond acceptors (Lipinski definition) is 2. The fourth-order valence-electron chi connectivity index (χ4n) is 1.00. The number of nitrogens with one attached hydrogen (secondary N) is 1. The number of halogens is 2. The molecule has 15 heavy (non-hydrogen) atoms. The molecule has 1 atom stereocenters. The van der Waals surface area contributed by atoms with Crippen LogP contribution < -0.4 is 11.1 Å². The minimum Gasteiger partial charge on any atom is -0.323 e. The monoisotopic (exact) mass is 246 g/mol. The lowest BCUT2D eigenvalue weighted by atomic mass is 10.2. The van der Waals surface area contributed by atoms with Crippen LogP contribution in [0, 0.1) is 0 Å². The van der Waals surface area contributed by atoms with Crippen molar-refractivity contribution in [3.05, 3.63) is 28.2 Å². The van der Waals surface area contributed by atoms with Crippen molar-refractivity contribution in [1.29, 1.82) is 0 Å². The van der Waals surface area contributed by atoms with Crippen LogP contribution in [0.1, 0.15) is 13.3 Å². The molecule has 0 saturated carbocycles. The van der Waals surface area contributed by atoms with Crippen LogP contribution in [-0.2, 0) is 4.79 Å². The highest BCUT2D eigenvalue weighted by molar-refractivity contribution is 6.36. The van der Waals surface area contributed by atoms with Crippen molar-refractivity contribution in [2.75, 3.05) is 5.32 Å². The third-order valence-corrected chi connectivity index (χ3v) is 2.51. The Labute approximate surface area is 98.5 Å². The summed E-state index contributed by atoms with van der Waals surface area (Å²) in [6.07, 6.45) is 0.580. The van der Waals surface area contributed by atoms with E-state index in [4.69, 9.17) is 28.9 Å². The van der Waals surface area contributed by atoms with Gasteiger partial charge in [0, 0.05) is 5.02 Å². The first-order valence-electron chi connectivity index (χ1n) is 4.56. The van der Waals surface area contributed by atoms with Gasteiger partial charge in [-0.05, 0) is 24.6 Å². The summed E-state index contributed by atoms with van der Waals surface area (Å²) in [4.78, 5) is 11.5. The maximum Gasteiger partial charge on any atom is 0.241 e. The summed E-state index contributed by atoms with van der Waals surface area (Å²) in [7, 11) is 0. The van der Waals surface area contributed by atoms with E-state index in [2.05, 4.69) is 5.32 Å². The fraction of sp³-hybridized carbons (Fsp3) is 0.300. The molecule has 0 aliphatic heterocycles. The van der Waals surface area contributed by atoms with Crippen molar-refractivity contribution in [3.8, 4) is 0 Å². The highest BCUT2D eigenvalue weighted by Crippen LogP contribution is 2.25. The zero-order valence-electron chi connectivity index (χ0n) is 8.26. The van der Waals surface area contributed by atoms with E-state index in [-0.39, 0.29) is 5.91 Å². The van der Waals surface area contributed by atoms with E-state index in [1.807, 2.05) is 6.92 Å². The smallest absolute Gasteiger partial charge is 0.241 e. The van der Waals surface area contributed by atoms with Gasteiger partial charge in [0.1, 0.15) is 0 Å². The van der Waals surface area contributed by atoms with Crippen LogP contribution in [0.5, 0.6) is 0 Å². The molecule has 0 aliphatic rings. The van der Waals surface area contributed by atoms with Crippen LogP contribution >= 0.6 is 23.2 Å². The second kappa shape index (κ2) is 5.35. The summed E-state index contributed by atoms with van der Waals surface area (Å²) < 4.78 is 0. The zero-order chi connectivity index (χ0) is 11.4. The first kappa shape index (κ1) is 12.3. The lowest BCUT2D eigenvalue weighted by molar-refractivity contribution is -0.117. The summed E-state index contributed by atoms with van der Waals surface area (Å²) in [5.41, 5.74) is 6.09. The largest absolute Gasteiger partial charge is 0.323 e. The summed E-state index contributed by atoms with van der Waals surface area (Å²) in [6.45, 7) is 1.84. The highest BCUT2D eigenvalue weighted by Gasteiger charge is 2.12. The molecule has 3 nitrogen and oxygen atoms in total. The topological polar surface area (TPSA) is 55.1 Å². The second-order valence-corrected chi connectivity index (χ2v) is 3.97. The first-order valence-corrected chi connectivity index (χ1v) is 5.31. The van der Waals surface area contributed by atoms with E-state index in [1.165, 1.54) is 0 Å². The molecule has 3 N–H and O–H groups in total. The van der Waals surface area contributed by atoms with Gasteiger partial charge >= 0.3 is 0 Å². The number of carbonyl (C=O) groups excluding carboxylic acids is 1. The van der Waals surface area contributed by atoms with Crippen LogP contribution in [-0.4, -0.2) is 11.9 Å². The van der Waals surface area contributed by atoms with E-state index in [9.17, 15) is 4.79 Å². The van der Waals surface area contributed by atoms with Crippen molar-refractivity contribution in [1.82, 2.24) is 0 Å². The average molecular weight is 247 g/mol. The number of amides is 1. The summed E-state index contributed by atoms with van der Waals surface area (Å²) in [5, 5.41) is 3.56. The first-order chi connectivity index (χ1) is 7.04. The molecule has 1 unspecified atom stereocenters. The van der Waals surface area contributed by atoms with Gasteiger partial charge in [-0.1, -0.05) is 30.1 Å². The molecule has 5 heteroatoms. The molecule has 1 aromatic carbocycles. The number of hydrogen-bond donors (Lipinski definition) is 2. The number of nitrogens with two attached hydrogens (primary N) is 1. The Morgan fingerprint density at radius 1 is 1.53 bits per heavy atom. The standard InChI is InChI=1S/C10H12Cl2N2O/c1-2-8(13)10(15)14-9-4-3-6(11)5-7(9)12/h3-5,8H,2,13H2,1H3,(H,14,15). The molecule has 0 aliphatic carbocycles. The van der Waals surface area contributed by atoms with E-state index < -0.39 is 6.04 Å². The minimum atomic E-state index is -0.517. The van der Waals surface area contributed by atoms with E-state index in [0.717, 1.165) is 0 Å². The van der Waals surface area contributed by atoms with E-state index in [0.29, 0.717) is 22.2 Å². The molecule has 0 aromatic heterocycles. The van der Waals surface area contributed by atoms with Crippen LogP contribution in [0.25, 0.3) is 0 Å². The van der Waals surface area contributed by atoms with Gasteiger partial charge in [-0.25, -0.2) is 0 Å². The Kier molecular flexibility index (Phi) is 4.39. The van der Waals surface area contributed by atoms with Gasteiger partial charge in [0.15, 0.2) is 0 Å². The minimum absolute atomic E-state index is 0.248. The van der Waals surface area contributed by atoms with Gasteiger partial charge in [-0.15, -0.1) is 0 Å². The molecule has 0 saturated heterocycles. The predicted molar refractivity (Wildman–Crippen MR) is 63.4 cm³/mol. The van der Waals surface area contributed by atoms with Gasteiger partial charge in [0.05, 0.1) is 16.8 Å². The van der Waals surface area contributed by atoms with Gasteiger partial charge in [0.2, 0.25) is 5.91 Å². The van der Waals surface area contributed by atoms with Gasteiger partial charge < -0.3 is 11.1 Å². The normalized spacial score (nSPS) is 12.3. The van der Waals surface area contributed by atoms with Crippen LogP contribution in [0.4, 0.5) is 5.69 Å². The van der Waals surface area contributed by atoms with Crippen molar-refractivity contribution >= 4 is 34.8 Å². The van der Waals surface area contributed by atoms with Gasteiger partial charge in [-0.3, -0.25) is 4.79 Å². The average Bonchev–Trinajstić information content (AvgIpc) is 2.20. The Morgan fingerprint density at radius 3 is 2.73 bits per heavy atom. The predicted octanol–water partition coefficient (Wildman–Crippen LogP) is 2.67. The van der Waals surface area contributed by atoms with Crippen LogP contribution in [0.15, 0.2) is 18.2 Å². The number of rotatable bonds is 3. The van der Waals surface area contributed by atoms with E-state index in [1.54, 1.807) is 18.2 Å². The Morgan fingerprint density at radius 2 is 2.20 bits per heavy atom. The fourth-order valence-corrected chi connectivity index (χ4v) is 1.46. The number of carbonyl (C=O) groups is 1. The molecule has 0 bridgehead atoms. The molecular weight excluding hydrogens is 235 g/mol. The van der Waals surface area contributed by atoms with E-state index >= 15 is 0 Å². The summed E-state index contributed by atoms with van der Waals surface area (Å²) in [5.74, 6) is -0.248. The quantitative estimate of drug-likeness (QED) is 0.862.